The summed E-state index contributed by atoms with van der Waals surface area (Å²) >= 11 is 0. The molecule has 2 atom stereocenters. The van der Waals surface area contributed by atoms with Crippen LogP contribution < -0.4 is 9.47 Å². The summed E-state index contributed by atoms with van der Waals surface area (Å²) in [5.41, 5.74) is 1.72. The number of aldehydes is 1. The third kappa shape index (κ3) is 3.86. The van der Waals surface area contributed by atoms with E-state index in [1.54, 1.807) is 20.3 Å². The van der Waals surface area contributed by atoms with E-state index >= 15 is 0 Å². The fourth-order valence-corrected chi connectivity index (χ4v) is 2.19. The third-order valence-corrected chi connectivity index (χ3v) is 3.45. The maximum Gasteiger partial charge on any atom is 0.153 e. The first-order chi connectivity index (χ1) is 10.7. The lowest BCUT2D eigenvalue weighted by atomic mass is 10.1. The Morgan fingerprint density at radius 1 is 0.909 bits per heavy atom. The van der Waals surface area contributed by atoms with Crippen molar-refractivity contribution >= 4 is 6.29 Å². The summed E-state index contributed by atoms with van der Waals surface area (Å²) in [6, 6.07) is 15.0. The highest BCUT2D eigenvalue weighted by Crippen LogP contribution is 2.31. The maximum atomic E-state index is 11.3. The van der Waals surface area contributed by atoms with Gasteiger partial charge in [0.15, 0.2) is 6.29 Å². The molecule has 0 aliphatic carbocycles. The Morgan fingerprint density at radius 2 is 1.50 bits per heavy atom. The molecular formula is C18H20O4. The molecule has 0 aliphatic heterocycles. The molecule has 0 aliphatic rings. The highest BCUT2D eigenvalue weighted by Gasteiger charge is 2.17. The lowest BCUT2D eigenvalue weighted by Gasteiger charge is -2.20. The van der Waals surface area contributed by atoms with Crippen LogP contribution in [0.4, 0.5) is 0 Å². The van der Waals surface area contributed by atoms with E-state index < -0.39 is 6.10 Å². The SMILES string of the molecule is COc1cc(OC)cc(C(C)OC(C=O)c2ccccc2)c1. The molecule has 0 radical (unpaired) electrons. The van der Waals surface area contributed by atoms with Crippen molar-refractivity contribution in [3.8, 4) is 11.5 Å². The molecule has 0 saturated heterocycles. The average Bonchev–Trinajstić information content (AvgIpc) is 2.59. The normalized spacial score (nSPS) is 13.2. The molecule has 0 spiro atoms. The quantitative estimate of drug-likeness (QED) is 0.731. The van der Waals surface area contributed by atoms with E-state index in [1.165, 1.54) is 0 Å². The van der Waals surface area contributed by atoms with E-state index in [1.807, 2.05) is 49.4 Å². The number of carbonyl (C=O) groups is 1. The van der Waals surface area contributed by atoms with E-state index in [0.717, 1.165) is 17.4 Å². The van der Waals surface area contributed by atoms with Gasteiger partial charge in [0, 0.05) is 6.07 Å². The molecule has 2 aromatic carbocycles. The molecule has 0 bridgehead atoms. The minimum atomic E-state index is -0.603. The molecule has 0 amide bonds. The molecule has 4 nitrogen and oxygen atoms in total. The molecule has 0 aromatic heterocycles. The largest absolute Gasteiger partial charge is 0.497 e. The van der Waals surface area contributed by atoms with Gasteiger partial charge in [0.1, 0.15) is 17.6 Å². The van der Waals surface area contributed by atoms with Gasteiger partial charge in [-0.1, -0.05) is 30.3 Å². The highest BCUT2D eigenvalue weighted by molar-refractivity contribution is 5.60. The van der Waals surface area contributed by atoms with E-state index in [4.69, 9.17) is 14.2 Å². The van der Waals surface area contributed by atoms with Crippen molar-refractivity contribution in [2.24, 2.45) is 0 Å². The van der Waals surface area contributed by atoms with Crippen LogP contribution in [0.15, 0.2) is 48.5 Å². The van der Waals surface area contributed by atoms with Crippen LogP contribution in [0.1, 0.15) is 30.3 Å². The average molecular weight is 300 g/mol. The van der Waals surface area contributed by atoms with Crippen LogP contribution in [0.3, 0.4) is 0 Å². The van der Waals surface area contributed by atoms with E-state index in [9.17, 15) is 4.79 Å². The van der Waals surface area contributed by atoms with Crippen LogP contribution in [-0.2, 0) is 9.53 Å². The number of hydrogen-bond donors (Lipinski definition) is 0. The third-order valence-electron chi connectivity index (χ3n) is 3.45. The van der Waals surface area contributed by atoms with Gasteiger partial charge in [-0.25, -0.2) is 0 Å². The summed E-state index contributed by atoms with van der Waals surface area (Å²) in [6.45, 7) is 1.90. The number of benzene rings is 2. The lowest BCUT2D eigenvalue weighted by Crippen LogP contribution is -2.09. The predicted molar refractivity (Wildman–Crippen MR) is 84.3 cm³/mol. The summed E-state index contributed by atoms with van der Waals surface area (Å²) in [6.07, 6.45) is -0.0729. The summed E-state index contributed by atoms with van der Waals surface area (Å²) in [7, 11) is 3.20. The van der Waals surface area contributed by atoms with Crippen LogP contribution in [-0.4, -0.2) is 20.5 Å². The first kappa shape index (κ1) is 16.0. The molecule has 116 valence electrons. The second-order valence-electron chi connectivity index (χ2n) is 4.89. The van der Waals surface area contributed by atoms with Crippen LogP contribution >= 0.6 is 0 Å². The van der Waals surface area contributed by atoms with Gasteiger partial charge >= 0.3 is 0 Å². The van der Waals surface area contributed by atoms with Gasteiger partial charge in [0.05, 0.1) is 20.3 Å². The number of ether oxygens (including phenoxy) is 3. The van der Waals surface area contributed by atoms with Gasteiger partial charge in [-0.05, 0) is 30.2 Å². The standard InChI is InChI=1S/C18H20O4/c1-13(15-9-16(20-2)11-17(10-15)21-3)22-18(12-19)14-7-5-4-6-8-14/h4-13,18H,1-3H3. The number of methoxy groups -OCH3 is 2. The van der Waals surface area contributed by atoms with Gasteiger partial charge in [-0.2, -0.15) is 0 Å². The van der Waals surface area contributed by atoms with Gasteiger partial charge in [0.25, 0.3) is 0 Å². The van der Waals surface area contributed by atoms with E-state index in [-0.39, 0.29) is 6.10 Å². The van der Waals surface area contributed by atoms with Crippen molar-refractivity contribution in [1.29, 1.82) is 0 Å². The topological polar surface area (TPSA) is 44.8 Å². The molecule has 4 heteroatoms. The maximum absolute atomic E-state index is 11.3. The van der Waals surface area contributed by atoms with Crippen LogP contribution in [0.5, 0.6) is 11.5 Å². The first-order valence-electron chi connectivity index (χ1n) is 7.06. The zero-order valence-corrected chi connectivity index (χ0v) is 13.0. The molecule has 0 fully saturated rings. The van der Waals surface area contributed by atoms with Crippen molar-refractivity contribution in [2.75, 3.05) is 14.2 Å². The fraction of sp³-hybridized carbons (Fsp3) is 0.278. The lowest BCUT2D eigenvalue weighted by molar-refractivity contribution is -0.122. The number of hydrogen-bond acceptors (Lipinski definition) is 4. The molecule has 2 unspecified atom stereocenters. The zero-order valence-electron chi connectivity index (χ0n) is 13.0. The molecule has 22 heavy (non-hydrogen) atoms. The minimum Gasteiger partial charge on any atom is -0.497 e. The predicted octanol–water partition coefficient (Wildman–Crippen LogP) is 3.72. The number of rotatable bonds is 7. The van der Waals surface area contributed by atoms with Crippen molar-refractivity contribution < 1.29 is 19.0 Å². The molecule has 2 rings (SSSR count). The summed E-state index contributed by atoms with van der Waals surface area (Å²) in [5.74, 6) is 1.37. The molecule has 2 aromatic rings. The van der Waals surface area contributed by atoms with Crippen LogP contribution in [0, 0.1) is 0 Å². The van der Waals surface area contributed by atoms with Gasteiger partial charge in [-0.15, -0.1) is 0 Å². The Balaban J connectivity index is 2.20. The summed E-state index contributed by atoms with van der Waals surface area (Å²) in [4.78, 5) is 11.3. The monoisotopic (exact) mass is 300 g/mol. The number of carbonyl (C=O) groups excluding carboxylic acids is 1. The molecule has 0 heterocycles. The Bertz CT molecular complexity index is 587. The van der Waals surface area contributed by atoms with Gasteiger partial charge in [-0.3, -0.25) is 0 Å². The first-order valence-corrected chi connectivity index (χ1v) is 7.06. The van der Waals surface area contributed by atoms with Crippen molar-refractivity contribution in [2.45, 2.75) is 19.1 Å². The second-order valence-corrected chi connectivity index (χ2v) is 4.89. The smallest absolute Gasteiger partial charge is 0.153 e. The van der Waals surface area contributed by atoms with Gasteiger partial charge < -0.3 is 19.0 Å². The van der Waals surface area contributed by atoms with E-state index in [2.05, 4.69) is 0 Å². The Hall–Kier alpha value is -2.33. The van der Waals surface area contributed by atoms with Crippen molar-refractivity contribution in [3.63, 3.8) is 0 Å². The molecule has 0 N–H and O–H groups in total. The summed E-state index contributed by atoms with van der Waals surface area (Å²) in [5, 5.41) is 0. The van der Waals surface area contributed by atoms with Crippen molar-refractivity contribution in [3.05, 3.63) is 59.7 Å². The Kier molecular flexibility index (Phi) is 5.55. The Labute approximate surface area is 130 Å². The van der Waals surface area contributed by atoms with Crippen LogP contribution in [0.25, 0.3) is 0 Å². The zero-order chi connectivity index (χ0) is 15.9. The minimum absolute atomic E-state index is 0.278. The van der Waals surface area contributed by atoms with Gasteiger partial charge in [0.2, 0.25) is 0 Å². The molecule has 0 saturated carbocycles. The van der Waals surface area contributed by atoms with Crippen LogP contribution in [0.2, 0.25) is 0 Å². The Morgan fingerprint density at radius 3 is 2.00 bits per heavy atom. The second kappa shape index (κ2) is 7.61. The highest BCUT2D eigenvalue weighted by atomic mass is 16.5. The fourth-order valence-electron chi connectivity index (χ4n) is 2.19. The molecular weight excluding hydrogens is 280 g/mol. The van der Waals surface area contributed by atoms with Crippen molar-refractivity contribution in [1.82, 2.24) is 0 Å². The summed E-state index contributed by atoms with van der Waals surface area (Å²) < 4.78 is 16.4. The van der Waals surface area contributed by atoms with E-state index in [0.29, 0.717) is 11.5 Å².